The van der Waals surface area contributed by atoms with Crippen LogP contribution >= 0.6 is 0 Å². The van der Waals surface area contributed by atoms with E-state index < -0.39 is 43.4 Å². The Morgan fingerprint density at radius 1 is 1.00 bits per heavy atom. The van der Waals surface area contributed by atoms with Crippen LogP contribution in [0.5, 0.6) is 0 Å². The van der Waals surface area contributed by atoms with Crippen molar-refractivity contribution in [2.24, 2.45) is 0 Å². The highest BCUT2D eigenvalue weighted by molar-refractivity contribution is 5.79. The molecule has 0 bridgehead atoms. The van der Waals surface area contributed by atoms with E-state index in [-0.39, 0.29) is 50.0 Å². The molecule has 5 rings (SSSR count). The van der Waals surface area contributed by atoms with Gasteiger partial charge in [0.15, 0.2) is 0 Å². The van der Waals surface area contributed by atoms with Gasteiger partial charge < -0.3 is 14.5 Å². The fourth-order valence-electron chi connectivity index (χ4n) is 6.42. The summed E-state index contributed by atoms with van der Waals surface area (Å²) in [6, 6.07) is 18.0. The number of fused-ring (bicyclic) bond motifs is 2. The summed E-state index contributed by atoms with van der Waals surface area (Å²) < 4.78 is 77.9. The molecule has 0 N–H and O–H groups in total. The Morgan fingerprint density at radius 3 is 2.38 bits per heavy atom. The summed E-state index contributed by atoms with van der Waals surface area (Å²) in [6.45, 7) is 1.11. The molecule has 0 saturated carbocycles. The van der Waals surface area contributed by atoms with Gasteiger partial charge in [-0.25, -0.2) is 22.4 Å². The second kappa shape index (κ2) is 14.5. The summed E-state index contributed by atoms with van der Waals surface area (Å²) in [7, 11) is 1.64. The van der Waals surface area contributed by atoms with Gasteiger partial charge in [0, 0.05) is 44.0 Å². The van der Waals surface area contributed by atoms with E-state index in [1.54, 1.807) is 11.9 Å². The molecule has 0 unspecified atom stereocenters. The number of hydrogen-bond acceptors (Lipinski definition) is 4. The number of ether oxygens (including phenoxy) is 1. The number of benzene rings is 3. The number of hydrogen-bond donors (Lipinski definition) is 0. The average Bonchev–Trinajstić information content (AvgIpc) is 3.39. The minimum Gasteiger partial charge on any atom is -0.445 e. The van der Waals surface area contributed by atoms with Gasteiger partial charge in [-0.1, -0.05) is 54.6 Å². The van der Waals surface area contributed by atoms with Crippen LogP contribution in [0.3, 0.4) is 0 Å². The molecule has 240 valence electrons. The lowest BCUT2D eigenvalue weighted by Crippen LogP contribution is -2.44. The van der Waals surface area contributed by atoms with Crippen molar-refractivity contribution in [1.29, 1.82) is 0 Å². The normalized spacial score (nSPS) is 17.8. The number of nitrogens with zero attached hydrogens (tertiary/aromatic N) is 3. The van der Waals surface area contributed by atoms with Gasteiger partial charge in [-0.15, -0.1) is 0 Å². The first-order valence-electron chi connectivity index (χ1n) is 15.2. The highest BCUT2D eigenvalue weighted by Crippen LogP contribution is 2.49. The number of anilines is 1. The van der Waals surface area contributed by atoms with Crippen molar-refractivity contribution in [2.75, 3.05) is 44.8 Å². The molecule has 1 heterocycles. The maximum atomic E-state index is 16.0. The Morgan fingerprint density at radius 2 is 1.69 bits per heavy atom. The number of likely N-dealkylation sites (N-methyl/N-ethyl adjacent to an activating group) is 1. The Balaban J connectivity index is 1.35. The molecule has 0 radical (unpaired) electrons. The molecule has 10 heteroatoms. The van der Waals surface area contributed by atoms with Gasteiger partial charge in [-0.3, -0.25) is 9.29 Å². The lowest BCUT2D eigenvalue weighted by atomic mass is 9.84. The maximum absolute atomic E-state index is 16.0. The standard InChI is InChI=1S/C35H38F5N3O2/c1-23-17-28-27-12-7-6-11-25(27)18-29(28)34(43(23)21-32(39)40)33-30(37)19-26(20-31(33)38)41(2)15-16-42(14-8-13-36)35(44)45-22-24-9-4-3-5-10-24/h3-7,9-12,19-20,23,32,34H,8,13-18,21-22H2,1-2H3/t23-,34+/m1/s1. The Labute approximate surface area is 260 Å². The van der Waals surface area contributed by atoms with E-state index in [9.17, 15) is 18.0 Å². The Hall–Kier alpha value is -3.92. The van der Waals surface area contributed by atoms with Crippen molar-refractivity contribution in [3.8, 4) is 0 Å². The summed E-state index contributed by atoms with van der Waals surface area (Å²) >= 11 is 0. The predicted octanol–water partition coefficient (Wildman–Crippen LogP) is 7.81. The van der Waals surface area contributed by atoms with E-state index in [1.165, 1.54) is 21.9 Å². The zero-order chi connectivity index (χ0) is 32.1. The molecule has 2 aliphatic rings. The molecule has 1 amide bonds. The average molecular weight is 628 g/mol. The number of amides is 1. The number of halogens is 5. The summed E-state index contributed by atoms with van der Waals surface area (Å²) in [5.41, 5.74) is 4.56. The van der Waals surface area contributed by atoms with Crippen LogP contribution in [0.1, 0.15) is 48.1 Å². The predicted molar refractivity (Wildman–Crippen MR) is 165 cm³/mol. The molecule has 0 fully saturated rings. The van der Waals surface area contributed by atoms with Gasteiger partial charge in [0.25, 0.3) is 6.43 Å². The number of alkyl halides is 3. The molecule has 0 saturated heterocycles. The van der Waals surface area contributed by atoms with Crippen molar-refractivity contribution < 1.29 is 31.5 Å². The van der Waals surface area contributed by atoms with Crippen LogP contribution in [-0.4, -0.2) is 68.3 Å². The number of rotatable bonds is 12. The molecule has 2 atom stereocenters. The van der Waals surface area contributed by atoms with Crippen LogP contribution in [0.15, 0.2) is 72.3 Å². The van der Waals surface area contributed by atoms with Crippen molar-refractivity contribution in [2.45, 2.75) is 51.3 Å². The fraction of sp³-hybridized carbons (Fsp3) is 0.400. The van der Waals surface area contributed by atoms with E-state index >= 15 is 8.78 Å². The van der Waals surface area contributed by atoms with E-state index in [1.807, 2.05) is 61.5 Å². The van der Waals surface area contributed by atoms with Crippen LogP contribution in [-0.2, 0) is 17.8 Å². The van der Waals surface area contributed by atoms with Crippen molar-refractivity contribution >= 4 is 17.4 Å². The fourth-order valence-corrected chi connectivity index (χ4v) is 6.42. The van der Waals surface area contributed by atoms with E-state index in [4.69, 9.17) is 4.74 Å². The van der Waals surface area contributed by atoms with Crippen LogP contribution in [0.25, 0.3) is 5.57 Å². The second-order valence-corrected chi connectivity index (χ2v) is 11.7. The van der Waals surface area contributed by atoms with E-state index in [2.05, 4.69) is 0 Å². The van der Waals surface area contributed by atoms with Gasteiger partial charge in [0.2, 0.25) is 0 Å². The largest absolute Gasteiger partial charge is 0.445 e. The summed E-state index contributed by atoms with van der Waals surface area (Å²) in [5.74, 6) is -1.65. The number of carbonyl (C=O) groups is 1. The SMILES string of the molecule is C[C@@H]1CC2=C(Cc3ccccc32)[C@@H](c2c(F)cc(N(C)CCN(CCCF)C(=O)OCc3ccccc3)cc2F)N1CC(F)F. The number of carbonyl (C=O) groups excluding carboxylic acids is 1. The van der Waals surface area contributed by atoms with Gasteiger partial charge in [0.05, 0.1) is 19.3 Å². The summed E-state index contributed by atoms with van der Waals surface area (Å²) in [5, 5.41) is 0. The third-order valence-electron chi connectivity index (χ3n) is 8.70. The molecule has 1 aliphatic carbocycles. The highest BCUT2D eigenvalue weighted by atomic mass is 19.3. The summed E-state index contributed by atoms with van der Waals surface area (Å²) in [6.07, 6.45) is -2.19. The van der Waals surface area contributed by atoms with Gasteiger partial charge in [-0.05, 0) is 66.2 Å². The van der Waals surface area contributed by atoms with E-state index in [0.717, 1.165) is 27.8 Å². The van der Waals surface area contributed by atoms with Crippen molar-refractivity contribution in [1.82, 2.24) is 9.80 Å². The van der Waals surface area contributed by atoms with Crippen molar-refractivity contribution in [3.05, 3.63) is 106 Å². The smallest absolute Gasteiger partial charge is 0.410 e. The van der Waals surface area contributed by atoms with Gasteiger partial charge in [0.1, 0.15) is 18.2 Å². The van der Waals surface area contributed by atoms with Gasteiger partial charge >= 0.3 is 6.09 Å². The Kier molecular flexibility index (Phi) is 10.4. The van der Waals surface area contributed by atoms with Crippen LogP contribution < -0.4 is 4.90 Å². The minimum absolute atomic E-state index is 0.0606. The van der Waals surface area contributed by atoms with Gasteiger partial charge in [-0.2, -0.15) is 0 Å². The molecule has 45 heavy (non-hydrogen) atoms. The zero-order valence-corrected chi connectivity index (χ0v) is 25.5. The first-order valence-corrected chi connectivity index (χ1v) is 15.2. The zero-order valence-electron chi connectivity index (χ0n) is 25.5. The molecular formula is C35H38F5N3O2. The van der Waals surface area contributed by atoms with Crippen LogP contribution in [0.4, 0.5) is 32.4 Å². The third-order valence-corrected chi connectivity index (χ3v) is 8.70. The minimum atomic E-state index is -2.67. The molecule has 0 spiro atoms. The van der Waals surface area contributed by atoms with E-state index in [0.29, 0.717) is 12.8 Å². The highest BCUT2D eigenvalue weighted by Gasteiger charge is 2.42. The Bertz CT molecular complexity index is 1490. The topological polar surface area (TPSA) is 36.0 Å². The molecule has 3 aromatic carbocycles. The third kappa shape index (κ3) is 7.32. The first-order chi connectivity index (χ1) is 21.7. The molecule has 1 aliphatic heterocycles. The molecule has 3 aromatic rings. The lowest BCUT2D eigenvalue weighted by molar-refractivity contribution is 0.0464. The lowest BCUT2D eigenvalue weighted by Gasteiger charge is -2.42. The summed E-state index contributed by atoms with van der Waals surface area (Å²) in [4.78, 5) is 17.3. The quantitative estimate of drug-likeness (QED) is 0.192. The van der Waals surface area contributed by atoms with Crippen LogP contribution in [0, 0.1) is 11.6 Å². The van der Waals surface area contributed by atoms with Crippen LogP contribution in [0.2, 0.25) is 0 Å². The first kappa shape index (κ1) is 32.5. The maximum Gasteiger partial charge on any atom is 0.410 e. The monoisotopic (exact) mass is 627 g/mol. The molecule has 0 aromatic heterocycles. The second-order valence-electron chi connectivity index (χ2n) is 11.7. The molecular weight excluding hydrogens is 589 g/mol. The van der Waals surface area contributed by atoms with Crippen molar-refractivity contribution in [3.63, 3.8) is 0 Å². The molecule has 5 nitrogen and oxygen atoms in total.